The van der Waals surface area contributed by atoms with Gasteiger partial charge in [-0.05, 0) is 32.1 Å². The molecule has 1 saturated carbocycles. The first-order chi connectivity index (χ1) is 5.65. The summed E-state index contributed by atoms with van der Waals surface area (Å²) in [5.74, 6) is 1.15. The van der Waals surface area contributed by atoms with Crippen LogP contribution in [0.25, 0.3) is 0 Å². The summed E-state index contributed by atoms with van der Waals surface area (Å²) >= 11 is 0. The Kier molecular flexibility index (Phi) is 3.12. The van der Waals surface area contributed by atoms with E-state index in [1.807, 2.05) is 6.92 Å². The lowest BCUT2D eigenvalue weighted by Gasteiger charge is -2.15. The smallest absolute Gasteiger partial charge is 0.223 e. The molecule has 1 aliphatic rings. The Morgan fingerprint density at radius 3 is 2.50 bits per heavy atom. The van der Waals surface area contributed by atoms with Crippen LogP contribution in [-0.4, -0.2) is 11.9 Å². The summed E-state index contributed by atoms with van der Waals surface area (Å²) < 4.78 is 0. The summed E-state index contributed by atoms with van der Waals surface area (Å²) in [4.78, 5) is 11.5. The topological polar surface area (TPSA) is 29.1 Å². The SMILES string of the molecule is CCC(C)NC(=O)C(C)C1CC1. The maximum Gasteiger partial charge on any atom is 0.223 e. The van der Waals surface area contributed by atoms with E-state index in [2.05, 4.69) is 19.2 Å². The molecule has 1 aliphatic carbocycles. The van der Waals surface area contributed by atoms with Crippen molar-refractivity contribution in [2.75, 3.05) is 0 Å². The van der Waals surface area contributed by atoms with Crippen LogP contribution in [0.3, 0.4) is 0 Å². The molecule has 2 atom stereocenters. The van der Waals surface area contributed by atoms with Crippen molar-refractivity contribution in [3.05, 3.63) is 0 Å². The predicted octanol–water partition coefficient (Wildman–Crippen LogP) is 1.95. The highest BCUT2D eigenvalue weighted by Crippen LogP contribution is 2.36. The molecular weight excluding hydrogens is 150 g/mol. The Hall–Kier alpha value is -0.530. The third kappa shape index (κ3) is 2.50. The van der Waals surface area contributed by atoms with Crippen LogP contribution in [0.2, 0.25) is 0 Å². The second kappa shape index (κ2) is 3.92. The number of nitrogens with one attached hydrogen (secondary N) is 1. The Labute approximate surface area is 74.7 Å². The van der Waals surface area contributed by atoms with Crippen molar-refractivity contribution in [3.63, 3.8) is 0 Å². The molecule has 2 heteroatoms. The normalized spacial score (nSPS) is 21.6. The van der Waals surface area contributed by atoms with Gasteiger partial charge in [-0.3, -0.25) is 4.79 Å². The first-order valence-electron chi connectivity index (χ1n) is 4.95. The fourth-order valence-corrected chi connectivity index (χ4v) is 1.29. The summed E-state index contributed by atoms with van der Waals surface area (Å²) in [7, 11) is 0. The summed E-state index contributed by atoms with van der Waals surface area (Å²) in [6.07, 6.45) is 3.51. The molecule has 2 unspecified atom stereocenters. The van der Waals surface area contributed by atoms with E-state index >= 15 is 0 Å². The molecular formula is C10H19NO. The lowest BCUT2D eigenvalue weighted by Crippen LogP contribution is -2.36. The first-order valence-corrected chi connectivity index (χ1v) is 4.95. The molecule has 1 rings (SSSR count). The van der Waals surface area contributed by atoms with Crippen LogP contribution in [0.5, 0.6) is 0 Å². The third-order valence-electron chi connectivity index (χ3n) is 2.74. The van der Waals surface area contributed by atoms with Crippen LogP contribution in [0.15, 0.2) is 0 Å². The van der Waals surface area contributed by atoms with Gasteiger partial charge < -0.3 is 5.32 Å². The molecule has 70 valence electrons. The molecule has 0 heterocycles. The fraction of sp³-hybridized carbons (Fsp3) is 0.900. The van der Waals surface area contributed by atoms with Gasteiger partial charge in [-0.25, -0.2) is 0 Å². The third-order valence-corrected chi connectivity index (χ3v) is 2.74. The Morgan fingerprint density at radius 1 is 1.50 bits per heavy atom. The monoisotopic (exact) mass is 169 g/mol. The molecule has 0 aromatic carbocycles. The maximum absolute atomic E-state index is 11.5. The van der Waals surface area contributed by atoms with Gasteiger partial charge >= 0.3 is 0 Å². The Balaban J connectivity index is 2.26. The van der Waals surface area contributed by atoms with Crippen LogP contribution in [-0.2, 0) is 4.79 Å². The molecule has 12 heavy (non-hydrogen) atoms. The van der Waals surface area contributed by atoms with Gasteiger partial charge in [0.25, 0.3) is 0 Å². The lowest BCUT2D eigenvalue weighted by molar-refractivity contribution is -0.125. The molecule has 0 bridgehead atoms. The summed E-state index contributed by atoms with van der Waals surface area (Å²) in [6.45, 7) is 6.18. The van der Waals surface area contributed by atoms with Gasteiger partial charge in [0.1, 0.15) is 0 Å². The van der Waals surface area contributed by atoms with Gasteiger partial charge in [0.2, 0.25) is 5.91 Å². The minimum absolute atomic E-state index is 0.235. The van der Waals surface area contributed by atoms with Gasteiger partial charge in [0, 0.05) is 12.0 Å². The van der Waals surface area contributed by atoms with Crippen LogP contribution >= 0.6 is 0 Å². The molecule has 2 nitrogen and oxygen atoms in total. The fourth-order valence-electron chi connectivity index (χ4n) is 1.29. The minimum atomic E-state index is 0.235. The molecule has 0 radical (unpaired) electrons. The molecule has 0 aliphatic heterocycles. The summed E-state index contributed by atoms with van der Waals surface area (Å²) in [5.41, 5.74) is 0. The molecule has 0 aromatic heterocycles. The number of hydrogen-bond donors (Lipinski definition) is 1. The van der Waals surface area contributed by atoms with Crippen LogP contribution in [0.1, 0.15) is 40.0 Å². The Morgan fingerprint density at radius 2 is 2.08 bits per heavy atom. The molecule has 0 saturated heterocycles. The molecule has 1 N–H and O–H groups in total. The van der Waals surface area contributed by atoms with E-state index in [-0.39, 0.29) is 11.8 Å². The predicted molar refractivity (Wildman–Crippen MR) is 49.8 cm³/mol. The standard InChI is InChI=1S/C10H19NO/c1-4-7(2)11-10(12)8(3)9-5-6-9/h7-9H,4-6H2,1-3H3,(H,11,12). The highest BCUT2D eigenvalue weighted by molar-refractivity contribution is 5.79. The maximum atomic E-state index is 11.5. The van der Waals surface area contributed by atoms with Crippen molar-refractivity contribution >= 4 is 5.91 Å². The van der Waals surface area contributed by atoms with E-state index in [1.165, 1.54) is 12.8 Å². The average Bonchev–Trinajstić information content (AvgIpc) is 2.85. The van der Waals surface area contributed by atoms with Gasteiger partial charge in [-0.1, -0.05) is 13.8 Å². The van der Waals surface area contributed by atoms with Crippen molar-refractivity contribution < 1.29 is 4.79 Å². The van der Waals surface area contributed by atoms with E-state index in [0.29, 0.717) is 12.0 Å². The van der Waals surface area contributed by atoms with Gasteiger partial charge in [-0.2, -0.15) is 0 Å². The van der Waals surface area contributed by atoms with Crippen LogP contribution in [0.4, 0.5) is 0 Å². The van der Waals surface area contributed by atoms with Gasteiger partial charge in [0.05, 0.1) is 0 Å². The second-order valence-electron chi connectivity index (χ2n) is 3.94. The summed E-state index contributed by atoms with van der Waals surface area (Å²) in [6, 6.07) is 0.332. The Bertz CT molecular complexity index is 163. The van der Waals surface area contributed by atoms with E-state index in [9.17, 15) is 4.79 Å². The van der Waals surface area contributed by atoms with Crippen molar-refractivity contribution in [3.8, 4) is 0 Å². The largest absolute Gasteiger partial charge is 0.353 e. The van der Waals surface area contributed by atoms with Gasteiger partial charge in [-0.15, -0.1) is 0 Å². The first kappa shape index (κ1) is 9.56. The number of carbonyl (C=O) groups is 1. The average molecular weight is 169 g/mol. The van der Waals surface area contributed by atoms with Crippen molar-refractivity contribution in [1.82, 2.24) is 5.32 Å². The number of carbonyl (C=O) groups excluding carboxylic acids is 1. The lowest BCUT2D eigenvalue weighted by atomic mass is 10.1. The zero-order chi connectivity index (χ0) is 9.14. The second-order valence-corrected chi connectivity index (χ2v) is 3.94. The molecule has 0 aromatic rings. The zero-order valence-electron chi connectivity index (χ0n) is 8.26. The van der Waals surface area contributed by atoms with E-state index in [4.69, 9.17) is 0 Å². The summed E-state index contributed by atoms with van der Waals surface area (Å²) in [5, 5.41) is 3.01. The minimum Gasteiger partial charge on any atom is -0.353 e. The number of rotatable bonds is 4. The number of amides is 1. The van der Waals surface area contributed by atoms with Crippen molar-refractivity contribution in [1.29, 1.82) is 0 Å². The highest BCUT2D eigenvalue weighted by atomic mass is 16.1. The number of hydrogen-bond acceptors (Lipinski definition) is 1. The molecule has 1 fully saturated rings. The van der Waals surface area contributed by atoms with E-state index in [0.717, 1.165) is 6.42 Å². The van der Waals surface area contributed by atoms with E-state index < -0.39 is 0 Å². The highest BCUT2D eigenvalue weighted by Gasteiger charge is 2.32. The van der Waals surface area contributed by atoms with Crippen LogP contribution < -0.4 is 5.32 Å². The van der Waals surface area contributed by atoms with Crippen LogP contribution in [0, 0.1) is 11.8 Å². The van der Waals surface area contributed by atoms with Crippen molar-refractivity contribution in [2.24, 2.45) is 11.8 Å². The van der Waals surface area contributed by atoms with Gasteiger partial charge in [0.15, 0.2) is 0 Å². The molecule has 0 spiro atoms. The zero-order valence-corrected chi connectivity index (χ0v) is 8.26. The molecule has 1 amide bonds. The van der Waals surface area contributed by atoms with Crippen molar-refractivity contribution in [2.45, 2.75) is 46.1 Å². The van der Waals surface area contributed by atoms with E-state index in [1.54, 1.807) is 0 Å². The quantitative estimate of drug-likeness (QED) is 0.684.